The van der Waals surface area contributed by atoms with Crippen LogP contribution in [0.2, 0.25) is 0 Å². The molecule has 5 nitrogen and oxygen atoms in total. The van der Waals surface area contributed by atoms with E-state index in [9.17, 15) is 9.90 Å². The molecule has 1 aliphatic heterocycles. The van der Waals surface area contributed by atoms with Gasteiger partial charge in [0.2, 0.25) is 0 Å². The zero-order valence-electron chi connectivity index (χ0n) is 11.0. The third-order valence-electron chi connectivity index (χ3n) is 3.07. The van der Waals surface area contributed by atoms with Crippen molar-refractivity contribution in [1.82, 2.24) is 14.8 Å². The Labute approximate surface area is 111 Å². The number of β-amino-alcohol motifs (C(OH)–C–C–N with tert-alkyl or cyclic N) is 1. The van der Waals surface area contributed by atoms with E-state index >= 15 is 0 Å². The third-order valence-corrected chi connectivity index (χ3v) is 3.84. The zero-order valence-corrected chi connectivity index (χ0v) is 11.8. The fraction of sp³-hybridized carbons (Fsp3) is 0.667. The van der Waals surface area contributed by atoms with Gasteiger partial charge in [0.25, 0.3) is 5.91 Å². The van der Waals surface area contributed by atoms with Crippen LogP contribution in [0.3, 0.4) is 0 Å². The molecule has 0 saturated carbocycles. The van der Waals surface area contributed by atoms with E-state index < -0.39 is 6.10 Å². The van der Waals surface area contributed by atoms with Gasteiger partial charge in [0.05, 0.1) is 11.1 Å². The Kier molecular flexibility index (Phi) is 3.99. The Morgan fingerprint density at radius 2 is 2.39 bits per heavy atom. The Hall–Kier alpha value is -0.980. The topological polar surface area (TPSA) is 56.7 Å². The van der Waals surface area contributed by atoms with E-state index in [-0.39, 0.29) is 11.9 Å². The lowest BCUT2D eigenvalue weighted by Crippen LogP contribution is -2.41. The van der Waals surface area contributed by atoms with Crippen LogP contribution in [0.5, 0.6) is 0 Å². The van der Waals surface area contributed by atoms with Crippen molar-refractivity contribution in [3.8, 4) is 0 Å². The van der Waals surface area contributed by atoms with Crippen LogP contribution in [0.25, 0.3) is 0 Å². The van der Waals surface area contributed by atoms with Crippen LogP contribution in [-0.4, -0.2) is 65.1 Å². The first-order chi connectivity index (χ1) is 8.47. The van der Waals surface area contributed by atoms with Gasteiger partial charge in [-0.25, -0.2) is 4.98 Å². The van der Waals surface area contributed by atoms with Gasteiger partial charge in [0.1, 0.15) is 5.69 Å². The molecule has 2 heterocycles. The van der Waals surface area contributed by atoms with Gasteiger partial charge in [-0.3, -0.25) is 4.79 Å². The van der Waals surface area contributed by atoms with Crippen molar-refractivity contribution in [2.45, 2.75) is 25.5 Å². The predicted molar refractivity (Wildman–Crippen MR) is 70.9 cm³/mol. The molecule has 1 aliphatic rings. The highest BCUT2D eigenvalue weighted by molar-refractivity contribution is 7.09. The first kappa shape index (κ1) is 13.5. The summed E-state index contributed by atoms with van der Waals surface area (Å²) >= 11 is 1.48. The van der Waals surface area contributed by atoms with Crippen molar-refractivity contribution in [3.05, 3.63) is 16.1 Å². The lowest BCUT2D eigenvalue weighted by molar-refractivity contribution is 0.0694. The standard InChI is InChI=1S/C12H19N3O2S/c1-8-13-11(7-18-8)12(17)15-6-10(16)4-9(15)5-14(2)3/h7,9-10,16H,4-6H2,1-3H3. The molecule has 1 saturated heterocycles. The maximum Gasteiger partial charge on any atom is 0.273 e. The van der Waals surface area contributed by atoms with E-state index in [4.69, 9.17) is 0 Å². The van der Waals surface area contributed by atoms with Crippen LogP contribution in [0.15, 0.2) is 5.38 Å². The van der Waals surface area contributed by atoms with Gasteiger partial charge < -0.3 is 14.9 Å². The Balaban J connectivity index is 2.12. The van der Waals surface area contributed by atoms with Gasteiger partial charge >= 0.3 is 0 Å². The fourth-order valence-corrected chi connectivity index (χ4v) is 2.93. The summed E-state index contributed by atoms with van der Waals surface area (Å²) in [6.45, 7) is 3.07. The lowest BCUT2D eigenvalue weighted by Gasteiger charge is -2.26. The van der Waals surface area contributed by atoms with Gasteiger partial charge in [0.15, 0.2) is 0 Å². The molecule has 2 unspecified atom stereocenters. The number of carbonyl (C=O) groups excluding carboxylic acids is 1. The van der Waals surface area contributed by atoms with Gasteiger partial charge in [0, 0.05) is 24.5 Å². The van der Waals surface area contributed by atoms with Gasteiger partial charge in [-0.1, -0.05) is 0 Å². The summed E-state index contributed by atoms with van der Waals surface area (Å²) in [7, 11) is 3.95. The minimum Gasteiger partial charge on any atom is -0.391 e. The number of nitrogens with zero attached hydrogens (tertiary/aromatic N) is 3. The predicted octanol–water partition coefficient (Wildman–Crippen LogP) is 0.589. The number of aliphatic hydroxyl groups excluding tert-OH is 1. The second-order valence-electron chi connectivity index (χ2n) is 5.01. The average Bonchev–Trinajstić information content (AvgIpc) is 2.83. The molecule has 0 bridgehead atoms. The first-order valence-electron chi connectivity index (χ1n) is 6.03. The van der Waals surface area contributed by atoms with Crippen molar-refractivity contribution >= 4 is 17.2 Å². The lowest BCUT2D eigenvalue weighted by atomic mass is 10.2. The number of amides is 1. The highest BCUT2D eigenvalue weighted by Gasteiger charge is 2.35. The van der Waals surface area contributed by atoms with E-state index in [1.165, 1.54) is 11.3 Å². The normalized spacial score (nSPS) is 23.9. The minimum absolute atomic E-state index is 0.0669. The summed E-state index contributed by atoms with van der Waals surface area (Å²) in [5.41, 5.74) is 0.496. The summed E-state index contributed by atoms with van der Waals surface area (Å²) in [4.78, 5) is 20.4. The molecule has 18 heavy (non-hydrogen) atoms. The molecule has 2 atom stereocenters. The van der Waals surface area contributed by atoms with E-state index in [0.717, 1.165) is 11.6 Å². The fourth-order valence-electron chi connectivity index (χ4n) is 2.34. The van der Waals surface area contributed by atoms with Crippen molar-refractivity contribution in [1.29, 1.82) is 0 Å². The van der Waals surface area contributed by atoms with Crippen LogP contribution >= 0.6 is 11.3 Å². The number of thiazole rings is 1. The molecule has 1 fully saturated rings. The monoisotopic (exact) mass is 269 g/mol. The summed E-state index contributed by atoms with van der Waals surface area (Å²) < 4.78 is 0. The van der Waals surface area contributed by atoms with E-state index in [1.807, 2.05) is 25.9 Å². The van der Waals surface area contributed by atoms with Crippen LogP contribution in [0, 0.1) is 6.92 Å². The molecule has 0 aliphatic carbocycles. The SMILES string of the molecule is Cc1nc(C(=O)N2CC(O)CC2CN(C)C)cs1. The molecule has 100 valence electrons. The molecule has 1 aromatic rings. The van der Waals surface area contributed by atoms with E-state index in [1.54, 1.807) is 10.3 Å². The molecule has 1 aromatic heterocycles. The summed E-state index contributed by atoms with van der Waals surface area (Å²) in [5, 5.41) is 12.4. The van der Waals surface area contributed by atoms with Crippen molar-refractivity contribution in [3.63, 3.8) is 0 Å². The number of likely N-dealkylation sites (N-methyl/N-ethyl adjacent to an activating group) is 1. The summed E-state index contributed by atoms with van der Waals surface area (Å²) in [6.07, 6.45) is 0.228. The largest absolute Gasteiger partial charge is 0.391 e. The Morgan fingerprint density at radius 1 is 1.67 bits per heavy atom. The Morgan fingerprint density at radius 3 is 2.94 bits per heavy atom. The Bertz CT molecular complexity index is 433. The molecule has 0 spiro atoms. The molecule has 1 amide bonds. The average molecular weight is 269 g/mol. The van der Waals surface area contributed by atoms with Gasteiger partial charge in [-0.05, 0) is 27.4 Å². The zero-order chi connectivity index (χ0) is 13.3. The number of aromatic nitrogens is 1. The number of hydrogen-bond donors (Lipinski definition) is 1. The second kappa shape index (κ2) is 5.34. The molecule has 1 N–H and O–H groups in total. The van der Waals surface area contributed by atoms with Crippen molar-refractivity contribution in [2.24, 2.45) is 0 Å². The van der Waals surface area contributed by atoms with Gasteiger partial charge in [-0.15, -0.1) is 11.3 Å². The highest BCUT2D eigenvalue weighted by atomic mass is 32.1. The molecular weight excluding hydrogens is 250 g/mol. The molecule has 6 heteroatoms. The van der Waals surface area contributed by atoms with Crippen LogP contribution < -0.4 is 0 Å². The van der Waals surface area contributed by atoms with E-state index in [0.29, 0.717) is 18.7 Å². The van der Waals surface area contributed by atoms with E-state index in [2.05, 4.69) is 4.98 Å². The molecule has 0 radical (unpaired) electrons. The quantitative estimate of drug-likeness (QED) is 0.872. The number of aryl methyl sites for hydroxylation is 1. The van der Waals surface area contributed by atoms with Gasteiger partial charge in [-0.2, -0.15) is 0 Å². The first-order valence-corrected chi connectivity index (χ1v) is 6.91. The maximum absolute atomic E-state index is 12.3. The number of rotatable bonds is 3. The summed E-state index contributed by atoms with van der Waals surface area (Å²) in [5.74, 6) is -0.0669. The maximum atomic E-state index is 12.3. The van der Waals surface area contributed by atoms with Crippen LogP contribution in [0.1, 0.15) is 21.9 Å². The minimum atomic E-state index is -0.418. The third kappa shape index (κ3) is 2.88. The van der Waals surface area contributed by atoms with Crippen LogP contribution in [-0.2, 0) is 0 Å². The van der Waals surface area contributed by atoms with Crippen LogP contribution in [0.4, 0.5) is 0 Å². The number of hydrogen-bond acceptors (Lipinski definition) is 5. The molecule has 0 aromatic carbocycles. The van der Waals surface area contributed by atoms with Crippen molar-refractivity contribution < 1.29 is 9.90 Å². The molecule has 2 rings (SSSR count). The summed E-state index contributed by atoms with van der Waals surface area (Å²) in [6, 6.07) is 0.0736. The van der Waals surface area contributed by atoms with Crippen molar-refractivity contribution in [2.75, 3.05) is 27.2 Å². The number of aliphatic hydroxyl groups is 1. The second-order valence-corrected chi connectivity index (χ2v) is 6.08. The highest BCUT2D eigenvalue weighted by Crippen LogP contribution is 2.21. The number of likely N-dealkylation sites (tertiary alicyclic amines) is 1. The molecular formula is C12H19N3O2S. The smallest absolute Gasteiger partial charge is 0.273 e. The number of carbonyl (C=O) groups is 1.